The van der Waals surface area contributed by atoms with E-state index in [1.54, 1.807) is 5.38 Å². The molecule has 1 aromatic heterocycles. The minimum Gasteiger partial charge on any atom is -0.300 e. The van der Waals surface area contributed by atoms with Gasteiger partial charge in [-0.05, 0) is 13.3 Å². The van der Waals surface area contributed by atoms with Crippen LogP contribution in [0.4, 0.5) is 0 Å². The van der Waals surface area contributed by atoms with Gasteiger partial charge in [-0.1, -0.05) is 6.92 Å². The summed E-state index contributed by atoms with van der Waals surface area (Å²) in [6, 6.07) is 0. The van der Waals surface area contributed by atoms with Gasteiger partial charge < -0.3 is 0 Å². The number of ketones is 2. The van der Waals surface area contributed by atoms with Crippen LogP contribution in [-0.2, 0) is 4.79 Å². The molecule has 0 spiro atoms. The van der Waals surface area contributed by atoms with Gasteiger partial charge >= 0.3 is 0 Å². The van der Waals surface area contributed by atoms with Crippen LogP contribution in [0.5, 0.6) is 0 Å². The van der Waals surface area contributed by atoms with Crippen molar-refractivity contribution in [1.82, 2.24) is 4.98 Å². The molecular weight excluding hydrogens is 210 g/mol. The predicted octanol–water partition coefficient (Wildman–Crippen LogP) is 2.78. The third kappa shape index (κ3) is 3.91. The highest BCUT2D eigenvalue weighted by atomic mass is 32.1. The summed E-state index contributed by atoms with van der Waals surface area (Å²) < 4.78 is 0. The van der Waals surface area contributed by atoms with E-state index >= 15 is 0 Å². The van der Waals surface area contributed by atoms with Gasteiger partial charge in [0.15, 0.2) is 5.78 Å². The molecule has 1 rings (SSSR count). The molecule has 0 saturated carbocycles. The highest BCUT2D eigenvalue weighted by Gasteiger charge is 2.09. The molecule has 0 N–H and O–H groups in total. The molecule has 0 fully saturated rings. The third-order valence-corrected chi connectivity index (χ3v) is 2.93. The van der Waals surface area contributed by atoms with Crippen molar-refractivity contribution in [2.75, 3.05) is 0 Å². The van der Waals surface area contributed by atoms with E-state index in [1.165, 1.54) is 11.3 Å². The highest BCUT2D eigenvalue weighted by molar-refractivity contribution is 7.09. The number of thiazole rings is 1. The molecule has 0 saturated heterocycles. The number of hydrogen-bond acceptors (Lipinski definition) is 4. The fourth-order valence-corrected chi connectivity index (χ4v) is 1.86. The van der Waals surface area contributed by atoms with E-state index in [1.807, 2.05) is 13.8 Å². The molecule has 4 heteroatoms. The van der Waals surface area contributed by atoms with Crippen molar-refractivity contribution >= 4 is 22.9 Å². The van der Waals surface area contributed by atoms with E-state index in [-0.39, 0.29) is 11.6 Å². The van der Waals surface area contributed by atoms with Gasteiger partial charge in [0.1, 0.15) is 11.5 Å². The summed E-state index contributed by atoms with van der Waals surface area (Å²) in [5.41, 5.74) is 0.543. The molecule has 0 unspecified atom stereocenters. The number of Topliss-reactive ketones (excluding diaryl/α,β-unsaturated/α-hetero) is 2. The first-order valence-electron chi connectivity index (χ1n) is 5.10. The number of rotatable bonds is 6. The third-order valence-electron chi connectivity index (χ3n) is 2.16. The van der Waals surface area contributed by atoms with Crippen molar-refractivity contribution in [3.05, 3.63) is 16.1 Å². The lowest BCUT2D eigenvalue weighted by Gasteiger charge is -1.96. The second-order valence-corrected chi connectivity index (χ2v) is 4.48. The Bertz CT molecular complexity index is 357. The molecular formula is C11H15NO2S. The fraction of sp³-hybridized carbons (Fsp3) is 0.545. The first-order valence-corrected chi connectivity index (χ1v) is 5.98. The maximum Gasteiger partial charge on any atom is 0.182 e. The second kappa shape index (κ2) is 5.75. The molecule has 0 aliphatic carbocycles. The van der Waals surface area contributed by atoms with Crippen LogP contribution in [0.3, 0.4) is 0 Å². The van der Waals surface area contributed by atoms with E-state index in [9.17, 15) is 9.59 Å². The maximum absolute atomic E-state index is 11.6. The Balaban J connectivity index is 2.34. The van der Waals surface area contributed by atoms with Crippen LogP contribution in [0, 0.1) is 6.92 Å². The fourth-order valence-electron chi connectivity index (χ4n) is 1.24. The van der Waals surface area contributed by atoms with Crippen molar-refractivity contribution in [3.8, 4) is 0 Å². The van der Waals surface area contributed by atoms with E-state index in [0.29, 0.717) is 31.4 Å². The van der Waals surface area contributed by atoms with Crippen molar-refractivity contribution in [1.29, 1.82) is 0 Å². The Morgan fingerprint density at radius 3 is 2.67 bits per heavy atom. The average Bonchev–Trinajstić information content (AvgIpc) is 2.64. The van der Waals surface area contributed by atoms with Gasteiger partial charge in [0.25, 0.3) is 0 Å². The topological polar surface area (TPSA) is 47.0 Å². The quantitative estimate of drug-likeness (QED) is 0.699. The van der Waals surface area contributed by atoms with E-state index < -0.39 is 0 Å². The van der Waals surface area contributed by atoms with Crippen LogP contribution in [0.1, 0.15) is 48.1 Å². The molecule has 82 valence electrons. The zero-order valence-electron chi connectivity index (χ0n) is 9.08. The number of hydrogen-bond donors (Lipinski definition) is 0. The molecule has 0 aromatic carbocycles. The summed E-state index contributed by atoms with van der Waals surface area (Å²) in [6.07, 6.45) is 2.13. The van der Waals surface area contributed by atoms with E-state index in [2.05, 4.69) is 4.98 Å². The zero-order valence-corrected chi connectivity index (χ0v) is 9.89. The summed E-state index contributed by atoms with van der Waals surface area (Å²) in [5, 5.41) is 2.68. The molecule has 0 aliphatic heterocycles. The number of aryl methyl sites for hydroxylation is 1. The van der Waals surface area contributed by atoms with Crippen molar-refractivity contribution in [2.24, 2.45) is 0 Å². The SMILES string of the molecule is CCC(=O)CCCC(=O)c1csc(C)n1. The van der Waals surface area contributed by atoms with Gasteiger partial charge in [0, 0.05) is 24.6 Å². The van der Waals surface area contributed by atoms with Gasteiger partial charge in [-0.25, -0.2) is 4.98 Å². The molecule has 0 atom stereocenters. The smallest absolute Gasteiger partial charge is 0.182 e. The Labute approximate surface area is 93.5 Å². The Morgan fingerprint density at radius 1 is 1.40 bits per heavy atom. The molecule has 1 heterocycles. The normalized spacial score (nSPS) is 10.3. The molecule has 0 amide bonds. The highest BCUT2D eigenvalue weighted by Crippen LogP contribution is 2.11. The summed E-state index contributed by atoms with van der Waals surface area (Å²) in [7, 11) is 0. The monoisotopic (exact) mass is 225 g/mol. The number of aromatic nitrogens is 1. The van der Waals surface area contributed by atoms with Crippen molar-refractivity contribution in [3.63, 3.8) is 0 Å². The minimum absolute atomic E-state index is 0.0447. The predicted molar refractivity (Wildman–Crippen MR) is 60.3 cm³/mol. The van der Waals surface area contributed by atoms with Gasteiger partial charge in [0.2, 0.25) is 0 Å². The first kappa shape index (κ1) is 12.0. The molecule has 3 nitrogen and oxygen atoms in total. The zero-order chi connectivity index (χ0) is 11.3. The molecule has 0 aliphatic rings. The maximum atomic E-state index is 11.6. The summed E-state index contributed by atoms with van der Waals surface area (Å²) in [4.78, 5) is 26.7. The van der Waals surface area contributed by atoms with E-state index in [4.69, 9.17) is 0 Å². The van der Waals surface area contributed by atoms with Crippen LogP contribution < -0.4 is 0 Å². The Hall–Kier alpha value is -1.03. The first-order chi connectivity index (χ1) is 7.13. The Morgan fingerprint density at radius 2 is 2.13 bits per heavy atom. The van der Waals surface area contributed by atoms with Crippen LogP contribution in [-0.4, -0.2) is 16.6 Å². The molecule has 0 bridgehead atoms. The van der Waals surface area contributed by atoms with Crippen LogP contribution >= 0.6 is 11.3 Å². The van der Waals surface area contributed by atoms with E-state index in [0.717, 1.165) is 5.01 Å². The van der Waals surface area contributed by atoms with Crippen molar-refractivity contribution < 1.29 is 9.59 Å². The standard InChI is InChI=1S/C11H15NO2S/c1-3-9(13)5-4-6-11(14)10-7-15-8(2)12-10/h7H,3-6H2,1-2H3. The molecule has 0 radical (unpaired) electrons. The van der Waals surface area contributed by atoms with Crippen molar-refractivity contribution in [2.45, 2.75) is 39.5 Å². The Kier molecular flexibility index (Phi) is 4.62. The molecule has 1 aromatic rings. The van der Waals surface area contributed by atoms with Gasteiger partial charge in [-0.2, -0.15) is 0 Å². The summed E-state index contributed by atoms with van der Waals surface area (Å²) in [5.74, 6) is 0.264. The number of carbonyl (C=O) groups is 2. The van der Waals surface area contributed by atoms with Crippen LogP contribution in [0.2, 0.25) is 0 Å². The van der Waals surface area contributed by atoms with Gasteiger partial charge in [-0.15, -0.1) is 11.3 Å². The largest absolute Gasteiger partial charge is 0.300 e. The molecule has 15 heavy (non-hydrogen) atoms. The van der Waals surface area contributed by atoms with Gasteiger partial charge in [-0.3, -0.25) is 9.59 Å². The lowest BCUT2D eigenvalue weighted by molar-refractivity contribution is -0.118. The van der Waals surface area contributed by atoms with Crippen LogP contribution in [0.15, 0.2) is 5.38 Å². The lowest BCUT2D eigenvalue weighted by Crippen LogP contribution is -2.02. The lowest BCUT2D eigenvalue weighted by atomic mass is 10.1. The number of carbonyl (C=O) groups excluding carboxylic acids is 2. The average molecular weight is 225 g/mol. The summed E-state index contributed by atoms with van der Waals surface area (Å²) in [6.45, 7) is 3.72. The minimum atomic E-state index is 0.0447. The summed E-state index contributed by atoms with van der Waals surface area (Å²) >= 11 is 1.48. The second-order valence-electron chi connectivity index (χ2n) is 3.42. The van der Waals surface area contributed by atoms with Gasteiger partial charge in [0.05, 0.1) is 5.01 Å². The number of nitrogens with zero attached hydrogens (tertiary/aromatic N) is 1. The van der Waals surface area contributed by atoms with Crippen LogP contribution in [0.25, 0.3) is 0 Å².